The molecule has 150 valence electrons. The number of ether oxygens (including phenoxy) is 1. The molecule has 0 heterocycles. The summed E-state index contributed by atoms with van der Waals surface area (Å²) in [6, 6.07) is 14.8. The molecule has 0 fully saturated rings. The molecule has 1 N–H and O–H groups in total. The molecular weight excluding hydrogens is 366 g/mol. The van der Waals surface area contributed by atoms with Crippen LogP contribution in [0.25, 0.3) is 0 Å². The van der Waals surface area contributed by atoms with E-state index in [4.69, 9.17) is 4.74 Å². The molecule has 0 radical (unpaired) electrons. The lowest BCUT2D eigenvalue weighted by atomic mass is 9.92. The minimum absolute atomic E-state index is 0.0169. The number of nitrogens with one attached hydrogen (secondary N) is 1. The first-order chi connectivity index (χ1) is 13.7. The van der Waals surface area contributed by atoms with Crippen LogP contribution in [-0.4, -0.2) is 24.3 Å². The van der Waals surface area contributed by atoms with Gasteiger partial charge in [0, 0.05) is 18.1 Å². The molecule has 2 aromatic rings. The van der Waals surface area contributed by atoms with Gasteiger partial charge in [-0.05, 0) is 73.4 Å². The van der Waals surface area contributed by atoms with Crippen LogP contribution in [0.3, 0.4) is 0 Å². The normalized spacial score (nSPS) is 14.2. The van der Waals surface area contributed by atoms with E-state index in [2.05, 4.69) is 48.6 Å². The molecule has 0 aliphatic heterocycles. The van der Waals surface area contributed by atoms with Crippen LogP contribution in [0.15, 0.2) is 42.5 Å². The molecule has 3 nitrogen and oxygen atoms in total. The van der Waals surface area contributed by atoms with Crippen molar-refractivity contribution in [3.05, 3.63) is 64.7 Å². The maximum Gasteiger partial charge on any atom is 0.261 e. The van der Waals surface area contributed by atoms with Gasteiger partial charge in [-0.3, -0.25) is 4.79 Å². The fourth-order valence-corrected chi connectivity index (χ4v) is 4.52. The van der Waals surface area contributed by atoms with E-state index < -0.39 is 6.10 Å². The average molecular weight is 398 g/mol. The molecule has 28 heavy (non-hydrogen) atoms. The maximum absolute atomic E-state index is 12.5. The summed E-state index contributed by atoms with van der Waals surface area (Å²) in [5.74, 6) is 2.68. The predicted octanol–water partition coefficient (Wildman–Crippen LogP) is 5.08. The Morgan fingerprint density at radius 1 is 1.14 bits per heavy atom. The fourth-order valence-electron chi connectivity index (χ4n) is 3.58. The molecule has 0 saturated heterocycles. The zero-order chi connectivity index (χ0) is 19.8. The molecule has 1 aliphatic rings. The van der Waals surface area contributed by atoms with E-state index in [0.717, 1.165) is 30.1 Å². The Morgan fingerprint density at radius 2 is 1.93 bits per heavy atom. The lowest BCUT2D eigenvalue weighted by molar-refractivity contribution is -0.127. The topological polar surface area (TPSA) is 38.3 Å². The molecule has 0 bridgehead atoms. The summed E-state index contributed by atoms with van der Waals surface area (Å²) in [5.41, 5.74) is 5.50. The first kappa shape index (κ1) is 20.8. The number of amides is 1. The zero-order valence-corrected chi connectivity index (χ0v) is 17.8. The summed E-state index contributed by atoms with van der Waals surface area (Å²) < 4.78 is 6.01. The lowest BCUT2D eigenvalue weighted by Crippen LogP contribution is -2.39. The molecule has 2 aromatic carbocycles. The first-order valence-electron chi connectivity index (χ1n) is 10.4. The van der Waals surface area contributed by atoms with Gasteiger partial charge < -0.3 is 10.1 Å². The highest BCUT2D eigenvalue weighted by Crippen LogP contribution is 2.26. The van der Waals surface area contributed by atoms with Crippen molar-refractivity contribution in [2.75, 3.05) is 12.3 Å². The Balaban J connectivity index is 1.43. The van der Waals surface area contributed by atoms with Gasteiger partial charge in [0.15, 0.2) is 6.10 Å². The minimum atomic E-state index is -0.428. The molecule has 1 amide bonds. The van der Waals surface area contributed by atoms with Crippen LogP contribution in [0.2, 0.25) is 0 Å². The number of carbonyl (C=O) groups excluding carboxylic acids is 1. The second kappa shape index (κ2) is 10.6. The number of hydrogen-bond donors (Lipinski definition) is 1. The third-order valence-corrected chi connectivity index (χ3v) is 6.33. The van der Waals surface area contributed by atoms with Crippen molar-refractivity contribution in [3.63, 3.8) is 0 Å². The summed E-state index contributed by atoms with van der Waals surface area (Å²) in [6.45, 7) is 4.80. The van der Waals surface area contributed by atoms with E-state index in [1.54, 1.807) is 0 Å². The minimum Gasteiger partial charge on any atom is -0.481 e. The van der Waals surface area contributed by atoms with Gasteiger partial charge in [0.1, 0.15) is 5.75 Å². The highest BCUT2D eigenvalue weighted by atomic mass is 32.2. The number of aryl methyl sites for hydroxylation is 3. The fraction of sp³-hybridized carbons (Fsp3) is 0.458. The summed E-state index contributed by atoms with van der Waals surface area (Å²) >= 11 is 1.85. The number of hydrogen-bond acceptors (Lipinski definition) is 3. The molecule has 3 rings (SSSR count). The third kappa shape index (κ3) is 5.78. The summed E-state index contributed by atoms with van der Waals surface area (Å²) in [7, 11) is 0. The van der Waals surface area contributed by atoms with Gasteiger partial charge in [0.2, 0.25) is 0 Å². The average Bonchev–Trinajstić information content (AvgIpc) is 2.72. The van der Waals surface area contributed by atoms with Crippen LogP contribution in [0, 0.1) is 6.92 Å². The Morgan fingerprint density at radius 3 is 2.71 bits per heavy atom. The van der Waals surface area contributed by atoms with Gasteiger partial charge in [0.25, 0.3) is 5.91 Å². The summed E-state index contributed by atoms with van der Waals surface area (Å²) in [4.78, 5) is 12.5. The highest BCUT2D eigenvalue weighted by molar-refractivity contribution is 7.98. The molecule has 0 saturated carbocycles. The van der Waals surface area contributed by atoms with Gasteiger partial charge in [-0.15, -0.1) is 0 Å². The van der Waals surface area contributed by atoms with Crippen LogP contribution in [-0.2, 0) is 23.4 Å². The second-order valence-corrected chi connectivity index (χ2v) is 8.53. The van der Waals surface area contributed by atoms with Gasteiger partial charge in [-0.1, -0.05) is 37.3 Å². The Bertz CT molecular complexity index is 790. The third-order valence-electron chi connectivity index (χ3n) is 5.33. The number of rotatable bonds is 9. The van der Waals surface area contributed by atoms with Crippen molar-refractivity contribution in [3.8, 4) is 5.75 Å². The lowest BCUT2D eigenvalue weighted by Gasteiger charge is -2.20. The van der Waals surface area contributed by atoms with E-state index in [-0.39, 0.29) is 5.91 Å². The SMILES string of the molecule is CC[C@H](Oc1ccc2c(c1)CCCC2)C(=O)NCCSCc1ccccc1C. The van der Waals surface area contributed by atoms with E-state index >= 15 is 0 Å². The van der Waals surface area contributed by atoms with Gasteiger partial charge in [-0.2, -0.15) is 11.8 Å². The second-order valence-electron chi connectivity index (χ2n) is 7.42. The maximum atomic E-state index is 12.5. The van der Waals surface area contributed by atoms with Crippen molar-refractivity contribution < 1.29 is 9.53 Å². The number of benzene rings is 2. The molecule has 1 aliphatic carbocycles. The first-order valence-corrected chi connectivity index (χ1v) is 11.5. The molecule has 1 atom stereocenters. The van der Waals surface area contributed by atoms with Crippen LogP contribution in [0.4, 0.5) is 0 Å². The van der Waals surface area contributed by atoms with Crippen molar-refractivity contribution in [1.29, 1.82) is 0 Å². The largest absolute Gasteiger partial charge is 0.481 e. The van der Waals surface area contributed by atoms with Gasteiger partial charge >= 0.3 is 0 Å². The van der Waals surface area contributed by atoms with Crippen molar-refractivity contribution in [2.24, 2.45) is 0 Å². The van der Waals surface area contributed by atoms with Gasteiger partial charge in [-0.25, -0.2) is 0 Å². The molecule has 0 spiro atoms. The molecule has 0 aromatic heterocycles. The van der Waals surface area contributed by atoms with E-state index in [9.17, 15) is 4.79 Å². The Labute approximate surface area is 173 Å². The van der Waals surface area contributed by atoms with Crippen LogP contribution in [0.5, 0.6) is 5.75 Å². The van der Waals surface area contributed by atoms with Gasteiger partial charge in [0.05, 0.1) is 0 Å². The number of thioether (sulfide) groups is 1. The Kier molecular flexibility index (Phi) is 7.84. The van der Waals surface area contributed by atoms with Crippen LogP contribution in [0.1, 0.15) is 48.4 Å². The summed E-state index contributed by atoms with van der Waals surface area (Å²) in [5, 5.41) is 3.03. The van der Waals surface area contributed by atoms with E-state index in [0.29, 0.717) is 13.0 Å². The van der Waals surface area contributed by atoms with Crippen LogP contribution < -0.4 is 10.1 Å². The highest BCUT2D eigenvalue weighted by Gasteiger charge is 2.19. The molecule has 0 unspecified atom stereocenters. The van der Waals surface area contributed by atoms with E-state index in [1.807, 2.05) is 24.8 Å². The van der Waals surface area contributed by atoms with Crippen molar-refractivity contribution >= 4 is 17.7 Å². The quantitative estimate of drug-likeness (QED) is 0.600. The summed E-state index contributed by atoms with van der Waals surface area (Å²) in [6.07, 6.45) is 5.03. The van der Waals surface area contributed by atoms with E-state index in [1.165, 1.54) is 35.1 Å². The predicted molar refractivity (Wildman–Crippen MR) is 118 cm³/mol. The monoisotopic (exact) mass is 397 g/mol. The molecule has 4 heteroatoms. The van der Waals surface area contributed by atoms with Crippen molar-refractivity contribution in [2.45, 2.75) is 57.8 Å². The van der Waals surface area contributed by atoms with Crippen molar-refractivity contribution in [1.82, 2.24) is 5.32 Å². The molecular formula is C24H31NO2S. The van der Waals surface area contributed by atoms with Crippen LogP contribution >= 0.6 is 11.8 Å². The number of carbonyl (C=O) groups is 1. The number of fused-ring (bicyclic) bond motifs is 1. The Hall–Kier alpha value is -1.94. The zero-order valence-electron chi connectivity index (χ0n) is 17.0. The standard InChI is InChI=1S/C24H31NO2S/c1-3-23(27-22-13-12-19-9-6-7-10-20(19)16-22)24(26)25-14-15-28-17-21-11-5-4-8-18(21)2/h4-5,8,11-13,16,23H,3,6-7,9-10,14-15,17H2,1-2H3,(H,25,26)/t23-/m0/s1. The smallest absolute Gasteiger partial charge is 0.261 e.